The van der Waals surface area contributed by atoms with Gasteiger partial charge in [-0.3, -0.25) is 4.99 Å². The summed E-state index contributed by atoms with van der Waals surface area (Å²) in [6.07, 6.45) is 9.30. The smallest absolute Gasteiger partial charge is 0.191 e. The molecule has 0 aliphatic heterocycles. The lowest BCUT2D eigenvalue weighted by Gasteiger charge is -2.54. The average molecular weight is 319 g/mol. The van der Waals surface area contributed by atoms with Crippen molar-refractivity contribution in [1.29, 1.82) is 0 Å². The first kappa shape index (κ1) is 16.4. The lowest BCUT2D eigenvalue weighted by atomic mass is 9.60. The zero-order valence-electron chi connectivity index (χ0n) is 14.3. The molecule has 1 heterocycles. The Hall–Kier alpha value is -1.49. The van der Waals surface area contributed by atoms with E-state index in [1.807, 2.05) is 19.2 Å². The van der Waals surface area contributed by atoms with Crippen LogP contribution in [0, 0.1) is 5.41 Å². The summed E-state index contributed by atoms with van der Waals surface area (Å²) in [5, 5.41) is 7.03. The molecule has 1 spiro atoms. The third-order valence-corrected chi connectivity index (χ3v) is 5.47. The molecule has 5 nitrogen and oxygen atoms in total. The van der Waals surface area contributed by atoms with E-state index in [2.05, 4.69) is 22.5 Å². The third kappa shape index (κ3) is 3.39. The van der Waals surface area contributed by atoms with E-state index in [9.17, 15) is 0 Å². The predicted molar refractivity (Wildman–Crippen MR) is 91.6 cm³/mol. The molecule has 0 aromatic carbocycles. The standard InChI is InChI=1S/C18H29N3O2/c1-3-22-16-13-15(18(16)9-4-5-10-18)21-17(19-2)20-11-8-14-7-6-12-23-14/h6-7,12,15-16H,3-5,8-11,13H2,1-2H3,(H2,19,20,21). The Morgan fingerprint density at radius 2 is 2.26 bits per heavy atom. The SMILES string of the molecule is CCOC1CC(NC(=NC)NCCc2ccco2)C12CCCC2. The second kappa shape index (κ2) is 7.39. The highest BCUT2D eigenvalue weighted by molar-refractivity contribution is 5.80. The van der Waals surface area contributed by atoms with E-state index in [0.29, 0.717) is 17.6 Å². The third-order valence-electron chi connectivity index (χ3n) is 5.47. The van der Waals surface area contributed by atoms with Crippen molar-refractivity contribution >= 4 is 5.96 Å². The summed E-state index contributed by atoms with van der Waals surface area (Å²) < 4.78 is 11.3. The van der Waals surface area contributed by atoms with Gasteiger partial charge in [0.1, 0.15) is 5.76 Å². The van der Waals surface area contributed by atoms with Crippen LogP contribution in [-0.2, 0) is 11.2 Å². The van der Waals surface area contributed by atoms with Crippen LogP contribution in [0.3, 0.4) is 0 Å². The Kier molecular flexibility index (Phi) is 5.26. The van der Waals surface area contributed by atoms with E-state index < -0.39 is 0 Å². The normalized spacial score (nSPS) is 26.3. The fraction of sp³-hybridized carbons (Fsp3) is 0.722. The first-order valence-corrected chi connectivity index (χ1v) is 8.89. The summed E-state index contributed by atoms with van der Waals surface area (Å²) in [5.41, 5.74) is 0.328. The molecule has 23 heavy (non-hydrogen) atoms. The van der Waals surface area contributed by atoms with Crippen LogP contribution in [0.15, 0.2) is 27.8 Å². The maximum atomic E-state index is 5.98. The van der Waals surface area contributed by atoms with Crippen LogP contribution >= 0.6 is 0 Å². The van der Waals surface area contributed by atoms with Gasteiger partial charge in [0.15, 0.2) is 5.96 Å². The Morgan fingerprint density at radius 1 is 1.43 bits per heavy atom. The average Bonchev–Trinajstić information content (AvgIpc) is 3.24. The summed E-state index contributed by atoms with van der Waals surface area (Å²) in [7, 11) is 1.84. The van der Waals surface area contributed by atoms with Crippen molar-refractivity contribution in [2.45, 2.75) is 57.6 Å². The number of rotatable bonds is 6. The van der Waals surface area contributed by atoms with Gasteiger partial charge in [-0.1, -0.05) is 12.8 Å². The monoisotopic (exact) mass is 319 g/mol. The molecule has 0 saturated heterocycles. The van der Waals surface area contributed by atoms with Crippen LogP contribution in [0.2, 0.25) is 0 Å². The lowest BCUT2D eigenvalue weighted by Crippen LogP contribution is -2.65. The van der Waals surface area contributed by atoms with Crippen molar-refractivity contribution in [2.24, 2.45) is 10.4 Å². The van der Waals surface area contributed by atoms with Crippen molar-refractivity contribution in [1.82, 2.24) is 10.6 Å². The quantitative estimate of drug-likeness (QED) is 0.625. The van der Waals surface area contributed by atoms with E-state index in [-0.39, 0.29) is 0 Å². The second-order valence-corrected chi connectivity index (χ2v) is 6.65. The molecule has 2 saturated carbocycles. The van der Waals surface area contributed by atoms with Crippen LogP contribution in [0.1, 0.15) is 44.8 Å². The number of aliphatic imine (C=N–C) groups is 1. The molecule has 2 fully saturated rings. The highest BCUT2D eigenvalue weighted by Gasteiger charge is 2.56. The van der Waals surface area contributed by atoms with Gasteiger partial charge in [-0.25, -0.2) is 0 Å². The molecule has 1 aromatic heterocycles. The Balaban J connectivity index is 1.50. The molecule has 0 bridgehead atoms. The van der Waals surface area contributed by atoms with E-state index in [1.165, 1.54) is 25.7 Å². The summed E-state index contributed by atoms with van der Waals surface area (Å²) >= 11 is 0. The number of ether oxygens (including phenoxy) is 1. The highest BCUT2D eigenvalue weighted by Crippen LogP contribution is 2.54. The van der Waals surface area contributed by atoms with Gasteiger partial charge in [-0.05, 0) is 38.3 Å². The molecule has 0 amide bonds. The maximum Gasteiger partial charge on any atom is 0.191 e. The molecule has 2 aliphatic carbocycles. The van der Waals surface area contributed by atoms with Crippen molar-refractivity contribution in [3.63, 3.8) is 0 Å². The van der Waals surface area contributed by atoms with Crippen molar-refractivity contribution in [3.8, 4) is 0 Å². The number of hydrogen-bond donors (Lipinski definition) is 2. The Labute approximate surface area is 138 Å². The topological polar surface area (TPSA) is 58.8 Å². The summed E-state index contributed by atoms with van der Waals surface area (Å²) in [6.45, 7) is 3.73. The van der Waals surface area contributed by atoms with Crippen molar-refractivity contribution in [3.05, 3.63) is 24.2 Å². The Morgan fingerprint density at radius 3 is 2.91 bits per heavy atom. The van der Waals surface area contributed by atoms with Gasteiger partial charge in [-0.2, -0.15) is 0 Å². The van der Waals surface area contributed by atoms with Gasteiger partial charge < -0.3 is 19.8 Å². The largest absolute Gasteiger partial charge is 0.469 e. The molecular formula is C18H29N3O2. The van der Waals surface area contributed by atoms with Crippen LogP contribution in [-0.4, -0.2) is 38.3 Å². The minimum atomic E-state index is 0.328. The molecule has 2 atom stereocenters. The van der Waals surface area contributed by atoms with Gasteiger partial charge in [0.2, 0.25) is 0 Å². The molecule has 0 radical (unpaired) electrons. The molecular weight excluding hydrogens is 290 g/mol. The molecule has 5 heteroatoms. The van der Waals surface area contributed by atoms with E-state index in [1.54, 1.807) is 6.26 Å². The molecule has 128 valence electrons. The zero-order chi connectivity index (χ0) is 16.1. The van der Waals surface area contributed by atoms with Crippen LogP contribution in [0.5, 0.6) is 0 Å². The van der Waals surface area contributed by atoms with E-state index in [0.717, 1.165) is 37.7 Å². The summed E-state index contributed by atoms with van der Waals surface area (Å²) in [6, 6.07) is 4.41. The van der Waals surface area contributed by atoms with E-state index >= 15 is 0 Å². The second-order valence-electron chi connectivity index (χ2n) is 6.65. The molecule has 1 aromatic rings. The molecule has 2 unspecified atom stereocenters. The fourth-order valence-electron chi connectivity index (χ4n) is 4.21. The van der Waals surface area contributed by atoms with Crippen LogP contribution in [0.25, 0.3) is 0 Å². The van der Waals surface area contributed by atoms with E-state index in [4.69, 9.17) is 9.15 Å². The minimum absolute atomic E-state index is 0.328. The molecule has 2 N–H and O–H groups in total. The number of furan rings is 1. The van der Waals surface area contributed by atoms with Crippen molar-refractivity contribution in [2.75, 3.05) is 20.2 Å². The molecule has 3 rings (SSSR count). The van der Waals surface area contributed by atoms with Gasteiger partial charge in [0, 0.05) is 38.1 Å². The first-order valence-electron chi connectivity index (χ1n) is 8.89. The number of nitrogens with zero attached hydrogens (tertiary/aromatic N) is 1. The van der Waals surface area contributed by atoms with Gasteiger partial charge in [0.05, 0.1) is 12.4 Å². The van der Waals surface area contributed by atoms with Crippen molar-refractivity contribution < 1.29 is 9.15 Å². The number of guanidine groups is 1. The van der Waals surface area contributed by atoms with Gasteiger partial charge in [-0.15, -0.1) is 0 Å². The van der Waals surface area contributed by atoms with Crippen LogP contribution < -0.4 is 10.6 Å². The summed E-state index contributed by atoms with van der Waals surface area (Å²) in [4.78, 5) is 4.38. The highest BCUT2D eigenvalue weighted by atomic mass is 16.5. The summed E-state index contributed by atoms with van der Waals surface area (Å²) in [5.74, 6) is 1.89. The first-order chi connectivity index (χ1) is 11.3. The number of nitrogens with one attached hydrogen (secondary N) is 2. The predicted octanol–water partition coefficient (Wildman–Crippen LogP) is 2.72. The minimum Gasteiger partial charge on any atom is -0.469 e. The molecule has 2 aliphatic rings. The number of hydrogen-bond acceptors (Lipinski definition) is 3. The van der Waals surface area contributed by atoms with Crippen LogP contribution in [0.4, 0.5) is 0 Å². The fourth-order valence-corrected chi connectivity index (χ4v) is 4.21. The maximum absolute atomic E-state index is 5.98. The lowest BCUT2D eigenvalue weighted by molar-refractivity contribution is -0.125. The van der Waals surface area contributed by atoms with Gasteiger partial charge in [0.25, 0.3) is 0 Å². The Bertz CT molecular complexity index is 506. The van der Waals surface area contributed by atoms with Gasteiger partial charge >= 0.3 is 0 Å². The zero-order valence-corrected chi connectivity index (χ0v) is 14.3.